The minimum absolute atomic E-state index is 0.883. The van der Waals surface area contributed by atoms with Crippen LogP contribution in [0.3, 0.4) is 0 Å². The fraction of sp³-hybridized carbons (Fsp3) is 1.00. The first-order valence-electron chi connectivity index (χ1n) is 8.70. The Labute approximate surface area is 121 Å². The molecule has 0 amide bonds. The molecule has 0 unspecified atom stereocenters. The van der Waals surface area contributed by atoms with Crippen LogP contribution in [-0.4, -0.2) is 26.2 Å². The molecule has 1 rings (SSSR count). The van der Waals surface area contributed by atoms with E-state index in [9.17, 15) is 0 Å². The van der Waals surface area contributed by atoms with Gasteiger partial charge in [-0.2, -0.15) is 0 Å². The fourth-order valence-electron chi connectivity index (χ4n) is 2.97. The smallest absolute Gasteiger partial charge is 0.00463 e. The van der Waals surface area contributed by atoms with Crippen molar-refractivity contribution in [2.24, 2.45) is 11.8 Å². The van der Waals surface area contributed by atoms with Gasteiger partial charge in [0.25, 0.3) is 0 Å². The van der Waals surface area contributed by atoms with E-state index in [1.165, 1.54) is 84.0 Å². The van der Waals surface area contributed by atoms with Crippen molar-refractivity contribution in [3.05, 3.63) is 0 Å². The molecule has 0 aliphatic carbocycles. The van der Waals surface area contributed by atoms with Gasteiger partial charge in [0.1, 0.15) is 0 Å². The normalized spacial score (nSPS) is 17.2. The van der Waals surface area contributed by atoms with Crippen molar-refractivity contribution < 1.29 is 0 Å². The average Bonchev–Trinajstić information content (AvgIpc) is 2.42. The minimum atomic E-state index is 0.883. The largest absolute Gasteiger partial charge is 0.317 e. The number of unbranched alkanes of at least 4 members (excludes halogenated alkanes) is 3. The summed E-state index contributed by atoms with van der Waals surface area (Å²) in [6.45, 7) is 9.60. The second-order valence-corrected chi connectivity index (χ2v) is 6.68. The van der Waals surface area contributed by atoms with Gasteiger partial charge in [-0.25, -0.2) is 0 Å². The molecule has 0 aromatic heterocycles. The Morgan fingerprint density at radius 3 is 2.37 bits per heavy atom. The Bertz CT molecular complexity index is 186. The molecule has 114 valence electrons. The van der Waals surface area contributed by atoms with Crippen LogP contribution < -0.4 is 10.6 Å². The van der Waals surface area contributed by atoms with Gasteiger partial charge in [0, 0.05) is 0 Å². The van der Waals surface area contributed by atoms with E-state index in [-0.39, 0.29) is 0 Å². The first kappa shape index (κ1) is 17.0. The SMILES string of the molecule is CC(C)CCCCCCNCCCC1CCNCC1. The molecule has 1 aliphatic rings. The summed E-state index contributed by atoms with van der Waals surface area (Å²) < 4.78 is 0. The van der Waals surface area contributed by atoms with Gasteiger partial charge in [0.15, 0.2) is 0 Å². The van der Waals surface area contributed by atoms with Crippen LogP contribution in [0.5, 0.6) is 0 Å². The Hall–Kier alpha value is -0.0800. The monoisotopic (exact) mass is 268 g/mol. The maximum Gasteiger partial charge on any atom is -0.00463 e. The van der Waals surface area contributed by atoms with Gasteiger partial charge >= 0.3 is 0 Å². The topological polar surface area (TPSA) is 24.1 Å². The van der Waals surface area contributed by atoms with E-state index < -0.39 is 0 Å². The summed E-state index contributed by atoms with van der Waals surface area (Å²) in [5.41, 5.74) is 0. The van der Waals surface area contributed by atoms with Crippen molar-refractivity contribution in [2.45, 2.75) is 71.6 Å². The molecular weight excluding hydrogens is 232 g/mol. The second-order valence-electron chi connectivity index (χ2n) is 6.68. The van der Waals surface area contributed by atoms with Gasteiger partial charge in [-0.15, -0.1) is 0 Å². The zero-order chi connectivity index (χ0) is 13.8. The van der Waals surface area contributed by atoms with Gasteiger partial charge in [-0.05, 0) is 70.1 Å². The number of hydrogen-bond acceptors (Lipinski definition) is 2. The lowest BCUT2D eigenvalue weighted by atomic mass is 9.93. The lowest BCUT2D eigenvalue weighted by molar-refractivity contribution is 0.344. The highest BCUT2D eigenvalue weighted by Crippen LogP contribution is 2.17. The molecule has 1 fully saturated rings. The predicted octanol–water partition coefficient (Wildman–Crippen LogP) is 3.96. The van der Waals surface area contributed by atoms with Gasteiger partial charge in [0.2, 0.25) is 0 Å². The highest BCUT2D eigenvalue weighted by molar-refractivity contribution is 4.68. The molecule has 1 aliphatic heterocycles. The van der Waals surface area contributed by atoms with E-state index in [0.717, 1.165) is 11.8 Å². The summed E-state index contributed by atoms with van der Waals surface area (Å²) in [6.07, 6.45) is 12.6. The molecular formula is C17H36N2. The molecule has 1 heterocycles. The van der Waals surface area contributed by atoms with Crippen molar-refractivity contribution in [3.63, 3.8) is 0 Å². The minimum Gasteiger partial charge on any atom is -0.317 e. The number of nitrogens with one attached hydrogen (secondary N) is 2. The van der Waals surface area contributed by atoms with Gasteiger partial charge < -0.3 is 10.6 Å². The molecule has 0 spiro atoms. The van der Waals surface area contributed by atoms with Crippen molar-refractivity contribution >= 4 is 0 Å². The Morgan fingerprint density at radius 2 is 1.63 bits per heavy atom. The zero-order valence-corrected chi connectivity index (χ0v) is 13.3. The maximum atomic E-state index is 3.61. The number of rotatable bonds is 11. The number of piperidine rings is 1. The molecule has 0 aromatic rings. The van der Waals surface area contributed by atoms with Crippen molar-refractivity contribution in [2.75, 3.05) is 26.2 Å². The van der Waals surface area contributed by atoms with Crippen LogP contribution in [0.25, 0.3) is 0 Å². The molecule has 1 saturated heterocycles. The van der Waals surface area contributed by atoms with Crippen LogP contribution in [0.15, 0.2) is 0 Å². The highest BCUT2D eigenvalue weighted by Gasteiger charge is 2.11. The molecule has 2 nitrogen and oxygen atoms in total. The predicted molar refractivity (Wildman–Crippen MR) is 85.6 cm³/mol. The van der Waals surface area contributed by atoms with E-state index in [1.54, 1.807) is 0 Å². The summed E-state index contributed by atoms with van der Waals surface area (Å²) in [4.78, 5) is 0. The summed E-state index contributed by atoms with van der Waals surface area (Å²) in [5, 5.41) is 7.05. The van der Waals surface area contributed by atoms with Crippen LogP contribution in [0.4, 0.5) is 0 Å². The summed E-state index contributed by atoms with van der Waals surface area (Å²) >= 11 is 0. The molecule has 2 N–H and O–H groups in total. The lowest BCUT2D eigenvalue weighted by Gasteiger charge is -2.22. The standard InChI is InChI=1S/C17H36N2/c1-16(2)8-5-3-4-6-12-18-13-7-9-17-10-14-19-15-11-17/h16-19H,3-15H2,1-2H3. The third-order valence-corrected chi connectivity index (χ3v) is 4.31. The summed E-state index contributed by atoms with van der Waals surface area (Å²) in [5.74, 6) is 1.88. The van der Waals surface area contributed by atoms with Crippen LogP contribution in [-0.2, 0) is 0 Å². The Kier molecular flexibility index (Phi) is 10.5. The first-order chi connectivity index (χ1) is 9.29. The maximum absolute atomic E-state index is 3.61. The molecule has 19 heavy (non-hydrogen) atoms. The fourth-order valence-corrected chi connectivity index (χ4v) is 2.97. The molecule has 0 radical (unpaired) electrons. The molecule has 0 aromatic carbocycles. The molecule has 0 saturated carbocycles. The molecule has 0 atom stereocenters. The van der Waals surface area contributed by atoms with Crippen molar-refractivity contribution in [1.29, 1.82) is 0 Å². The van der Waals surface area contributed by atoms with E-state index >= 15 is 0 Å². The molecule has 2 heteroatoms. The van der Waals surface area contributed by atoms with Crippen LogP contribution in [0.2, 0.25) is 0 Å². The third kappa shape index (κ3) is 10.4. The summed E-state index contributed by atoms with van der Waals surface area (Å²) in [7, 11) is 0. The van der Waals surface area contributed by atoms with Crippen LogP contribution in [0, 0.1) is 11.8 Å². The van der Waals surface area contributed by atoms with E-state index in [2.05, 4.69) is 24.5 Å². The summed E-state index contributed by atoms with van der Waals surface area (Å²) in [6, 6.07) is 0. The number of hydrogen-bond donors (Lipinski definition) is 2. The Balaban J connectivity index is 1.73. The molecule has 0 bridgehead atoms. The highest BCUT2D eigenvalue weighted by atomic mass is 14.9. The first-order valence-corrected chi connectivity index (χ1v) is 8.70. The van der Waals surface area contributed by atoms with Gasteiger partial charge in [0.05, 0.1) is 0 Å². The van der Waals surface area contributed by atoms with E-state index in [0.29, 0.717) is 0 Å². The van der Waals surface area contributed by atoms with Crippen molar-refractivity contribution in [3.8, 4) is 0 Å². The Morgan fingerprint density at radius 1 is 0.947 bits per heavy atom. The van der Waals surface area contributed by atoms with E-state index in [1.807, 2.05) is 0 Å². The van der Waals surface area contributed by atoms with Crippen molar-refractivity contribution in [1.82, 2.24) is 10.6 Å². The lowest BCUT2D eigenvalue weighted by Crippen LogP contribution is -2.28. The van der Waals surface area contributed by atoms with Gasteiger partial charge in [-0.1, -0.05) is 39.5 Å². The average molecular weight is 268 g/mol. The third-order valence-electron chi connectivity index (χ3n) is 4.31. The van der Waals surface area contributed by atoms with Crippen LogP contribution >= 0.6 is 0 Å². The zero-order valence-electron chi connectivity index (χ0n) is 13.3. The van der Waals surface area contributed by atoms with E-state index in [4.69, 9.17) is 0 Å². The van der Waals surface area contributed by atoms with Gasteiger partial charge in [-0.3, -0.25) is 0 Å². The van der Waals surface area contributed by atoms with Crippen LogP contribution in [0.1, 0.15) is 71.6 Å². The second kappa shape index (κ2) is 11.7. The quantitative estimate of drug-likeness (QED) is 0.554.